The lowest BCUT2D eigenvalue weighted by atomic mass is 9.76. The Bertz CT molecular complexity index is 969. The molecule has 2 bridgehead atoms. The highest BCUT2D eigenvalue weighted by Crippen LogP contribution is 2.52. The van der Waals surface area contributed by atoms with E-state index in [4.69, 9.17) is 16.3 Å². The molecule has 0 saturated heterocycles. The summed E-state index contributed by atoms with van der Waals surface area (Å²) in [4.78, 5) is 29.4. The quantitative estimate of drug-likeness (QED) is 0.761. The van der Waals surface area contributed by atoms with Gasteiger partial charge in [-0.25, -0.2) is 4.98 Å². The van der Waals surface area contributed by atoms with Crippen molar-refractivity contribution in [1.29, 1.82) is 0 Å². The normalized spacial score (nSPS) is 27.9. The number of carbonyl (C=O) groups is 2. The second-order valence-corrected chi connectivity index (χ2v) is 9.11. The van der Waals surface area contributed by atoms with Gasteiger partial charge < -0.3 is 15.4 Å². The molecular formula is C22H24ClN3O3. The molecule has 2 amide bonds. The van der Waals surface area contributed by atoms with Crippen LogP contribution in [0.25, 0.3) is 10.9 Å². The molecule has 1 unspecified atom stereocenters. The fourth-order valence-electron chi connectivity index (χ4n) is 4.83. The van der Waals surface area contributed by atoms with Gasteiger partial charge in [0, 0.05) is 22.0 Å². The maximum absolute atomic E-state index is 12.7. The molecule has 6 rings (SSSR count). The third-order valence-corrected chi connectivity index (χ3v) is 6.83. The van der Waals surface area contributed by atoms with Crippen LogP contribution in [0.5, 0.6) is 0 Å². The highest BCUT2D eigenvalue weighted by Gasteiger charge is 2.57. The number of halogens is 1. The summed E-state index contributed by atoms with van der Waals surface area (Å²) in [5.74, 6) is 0.192. The van der Waals surface area contributed by atoms with Gasteiger partial charge in [-0.2, -0.15) is 0 Å². The van der Waals surface area contributed by atoms with E-state index in [1.807, 2.05) is 18.2 Å². The molecule has 0 aliphatic heterocycles. The van der Waals surface area contributed by atoms with Crippen LogP contribution in [-0.4, -0.2) is 41.1 Å². The van der Waals surface area contributed by atoms with E-state index in [0.29, 0.717) is 16.6 Å². The van der Waals surface area contributed by atoms with Crippen molar-refractivity contribution in [3.8, 4) is 0 Å². The average molecular weight is 414 g/mol. The van der Waals surface area contributed by atoms with Gasteiger partial charge in [-0.1, -0.05) is 17.7 Å². The van der Waals surface area contributed by atoms with Gasteiger partial charge in [-0.05, 0) is 68.7 Å². The molecule has 4 fully saturated rings. The summed E-state index contributed by atoms with van der Waals surface area (Å²) in [6.45, 7) is 0.138. The predicted molar refractivity (Wildman–Crippen MR) is 110 cm³/mol. The van der Waals surface area contributed by atoms with E-state index in [2.05, 4.69) is 15.6 Å². The van der Waals surface area contributed by atoms with Crippen LogP contribution < -0.4 is 10.6 Å². The molecule has 4 aliphatic carbocycles. The van der Waals surface area contributed by atoms with Crippen LogP contribution >= 0.6 is 11.6 Å². The van der Waals surface area contributed by atoms with Gasteiger partial charge in [0.15, 0.2) is 0 Å². The Morgan fingerprint density at radius 3 is 2.76 bits per heavy atom. The molecule has 152 valence electrons. The minimum atomic E-state index is -0.184. The molecule has 0 radical (unpaired) electrons. The lowest BCUT2D eigenvalue weighted by Crippen LogP contribution is -2.53. The maximum Gasteiger partial charge on any atom is 0.270 e. The van der Waals surface area contributed by atoms with E-state index in [-0.39, 0.29) is 36.1 Å². The molecule has 1 heterocycles. The minimum Gasteiger partial charge on any atom is -0.368 e. The number of carbonyl (C=O) groups excluding carboxylic acids is 2. The number of hydrogen-bond acceptors (Lipinski definition) is 4. The van der Waals surface area contributed by atoms with Crippen molar-refractivity contribution in [2.75, 3.05) is 6.61 Å². The lowest BCUT2D eigenvalue weighted by Gasteiger charge is -2.39. The average Bonchev–Trinajstić information content (AvgIpc) is 3.13. The number of aromatic nitrogens is 1. The Morgan fingerprint density at radius 2 is 2.00 bits per heavy atom. The highest BCUT2D eigenvalue weighted by atomic mass is 35.5. The highest BCUT2D eigenvalue weighted by molar-refractivity contribution is 6.31. The topological polar surface area (TPSA) is 80.3 Å². The fourth-order valence-corrected chi connectivity index (χ4v) is 5.01. The number of pyridine rings is 1. The molecule has 4 aliphatic rings. The fraction of sp³-hybridized carbons (Fsp3) is 0.500. The monoisotopic (exact) mass is 413 g/mol. The molecule has 0 spiro atoms. The molecule has 1 aromatic heterocycles. The zero-order valence-corrected chi connectivity index (χ0v) is 16.9. The number of fused-ring (bicyclic) bond motifs is 2. The molecule has 1 aromatic carbocycles. The summed E-state index contributed by atoms with van der Waals surface area (Å²) in [7, 11) is 0. The zero-order chi connectivity index (χ0) is 20.0. The zero-order valence-electron chi connectivity index (χ0n) is 16.1. The number of rotatable bonds is 6. The summed E-state index contributed by atoms with van der Waals surface area (Å²) < 4.78 is 5.61. The van der Waals surface area contributed by atoms with Crippen LogP contribution in [0.3, 0.4) is 0 Å². The summed E-state index contributed by atoms with van der Waals surface area (Å²) in [5, 5.41) is 7.82. The van der Waals surface area contributed by atoms with Crippen molar-refractivity contribution in [3.05, 3.63) is 41.0 Å². The minimum absolute atomic E-state index is 0.0443. The first-order valence-corrected chi connectivity index (χ1v) is 10.7. The summed E-state index contributed by atoms with van der Waals surface area (Å²) in [6.07, 6.45) is 6.16. The second-order valence-electron chi connectivity index (χ2n) is 8.68. The largest absolute Gasteiger partial charge is 0.368 e. The first-order chi connectivity index (χ1) is 14.0. The van der Waals surface area contributed by atoms with Gasteiger partial charge in [0.2, 0.25) is 5.91 Å². The van der Waals surface area contributed by atoms with Crippen LogP contribution in [-0.2, 0) is 9.53 Å². The van der Waals surface area contributed by atoms with Crippen molar-refractivity contribution in [1.82, 2.24) is 15.6 Å². The third kappa shape index (κ3) is 3.71. The summed E-state index contributed by atoms with van der Waals surface area (Å²) >= 11 is 6.00. The van der Waals surface area contributed by atoms with Crippen LogP contribution in [0, 0.1) is 5.92 Å². The predicted octanol–water partition coefficient (Wildman–Crippen LogP) is 3.22. The Labute approximate surface area is 174 Å². The molecular weight excluding hydrogens is 390 g/mol. The van der Waals surface area contributed by atoms with Crippen molar-refractivity contribution in [2.45, 2.75) is 56.2 Å². The number of nitrogens with one attached hydrogen (secondary N) is 2. The van der Waals surface area contributed by atoms with E-state index in [0.717, 1.165) is 43.0 Å². The van der Waals surface area contributed by atoms with Gasteiger partial charge in [0.25, 0.3) is 5.91 Å². The molecule has 2 N–H and O–H groups in total. The van der Waals surface area contributed by atoms with Gasteiger partial charge in [-0.3, -0.25) is 9.59 Å². The first kappa shape index (κ1) is 18.8. The van der Waals surface area contributed by atoms with Crippen LogP contribution in [0.4, 0.5) is 0 Å². The Kier molecular flexibility index (Phi) is 4.71. The standard InChI is InChI=1S/C22H24ClN3O3/c23-15-5-7-17-13(8-15)4-6-18(24-17)21(28)25-19-11-22(9-14(19)10-22)26-20(27)12-29-16-2-1-3-16/h4-8,14,16,19H,1-3,9-12H2,(H,25,28)(H,26,27). The number of benzene rings is 1. The van der Waals surface area contributed by atoms with Crippen molar-refractivity contribution >= 4 is 34.3 Å². The molecule has 29 heavy (non-hydrogen) atoms. The van der Waals surface area contributed by atoms with E-state index >= 15 is 0 Å². The summed E-state index contributed by atoms with van der Waals surface area (Å²) in [5.41, 5.74) is 0.958. The Balaban J connectivity index is 1.17. The van der Waals surface area contributed by atoms with Crippen molar-refractivity contribution < 1.29 is 14.3 Å². The van der Waals surface area contributed by atoms with Crippen LogP contribution in [0.2, 0.25) is 5.02 Å². The number of amides is 2. The van der Waals surface area contributed by atoms with E-state index < -0.39 is 0 Å². The smallest absolute Gasteiger partial charge is 0.270 e. The molecule has 6 nitrogen and oxygen atoms in total. The SMILES string of the molecule is O=C(COC1CCC1)NC12CC(C1)C(NC(=O)c1ccc3cc(Cl)ccc3n1)C2. The van der Waals surface area contributed by atoms with Gasteiger partial charge in [0.1, 0.15) is 12.3 Å². The van der Waals surface area contributed by atoms with E-state index in [1.165, 1.54) is 6.42 Å². The van der Waals surface area contributed by atoms with Crippen molar-refractivity contribution in [3.63, 3.8) is 0 Å². The molecule has 7 heteroatoms. The van der Waals surface area contributed by atoms with Crippen molar-refractivity contribution in [2.24, 2.45) is 5.92 Å². The Hall–Kier alpha value is -2.18. The second kappa shape index (κ2) is 7.26. The first-order valence-electron chi connectivity index (χ1n) is 10.3. The Morgan fingerprint density at radius 1 is 1.17 bits per heavy atom. The molecule has 1 atom stereocenters. The van der Waals surface area contributed by atoms with Crippen LogP contribution in [0.15, 0.2) is 30.3 Å². The molecule has 4 saturated carbocycles. The van der Waals surface area contributed by atoms with E-state index in [1.54, 1.807) is 12.1 Å². The maximum atomic E-state index is 12.7. The lowest BCUT2D eigenvalue weighted by molar-refractivity contribution is -0.132. The third-order valence-electron chi connectivity index (χ3n) is 6.59. The van der Waals surface area contributed by atoms with Gasteiger partial charge in [-0.15, -0.1) is 0 Å². The van der Waals surface area contributed by atoms with Gasteiger partial charge >= 0.3 is 0 Å². The summed E-state index contributed by atoms with van der Waals surface area (Å²) in [6, 6.07) is 9.07. The van der Waals surface area contributed by atoms with E-state index in [9.17, 15) is 9.59 Å². The molecule has 2 aromatic rings. The number of hydrogen-bond donors (Lipinski definition) is 2. The van der Waals surface area contributed by atoms with Crippen LogP contribution in [0.1, 0.15) is 49.0 Å². The number of ether oxygens (including phenoxy) is 1. The van der Waals surface area contributed by atoms with Gasteiger partial charge in [0.05, 0.1) is 11.6 Å². The number of nitrogens with zero attached hydrogens (tertiary/aromatic N) is 1.